The lowest BCUT2D eigenvalue weighted by atomic mass is 9.94. The van der Waals surface area contributed by atoms with Crippen molar-refractivity contribution >= 4 is 22.9 Å². The Morgan fingerprint density at radius 1 is 0.958 bits per heavy atom. The SMILES string of the molecule is S=C1CCc2cc(-c3cncc(-c4ncco4)c3)cc3c2N1CC3. The van der Waals surface area contributed by atoms with Gasteiger partial charge in [0, 0.05) is 36.6 Å². The predicted molar refractivity (Wildman–Crippen MR) is 97.1 cm³/mol. The van der Waals surface area contributed by atoms with Crippen molar-refractivity contribution in [2.24, 2.45) is 0 Å². The first kappa shape index (κ1) is 13.9. The molecule has 0 bridgehead atoms. The minimum atomic E-state index is 0.600. The van der Waals surface area contributed by atoms with Gasteiger partial charge in [0.05, 0.1) is 16.7 Å². The lowest BCUT2D eigenvalue weighted by molar-refractivity contribution is 0.574. The van der Waals surface area contributed by atoms with Crippen LogP contribution in [0, 0.1) is 0 Å². The first-order valence-electron chi connectivity index (χ1n) is 8.11. The second-order valence-electron chi connectivity index (χ2n) is 6.24. The average Bonchev–Trinajstić information content (AvgIpc) is 3.29. The maximum atomic E-state index is 5.52. The summed E-state index contributed by atoms with van der Waals surface area (Å²) in [6.45, 7) is 1.01. The van der Waals surface area contributed by atoms with Crippen LogP contribution in [0.4, 0.5) is 5.69 Å². The van der Waals surface area contributed by atoms with Gasteiger partial charge in [-0.25, -0.2) is 4.98 Å². The van der Waals surface area contributed by atoms with Crippen molar-refractivity contribution in [2.75, 3.05) is 11.4 Å². The van der Waals surface area contributed by atoms with Gasteiger partial charge in [0.15, 0.2) is 0 Å². The molecule has 0 unspecified atom stereocenters. The molecule has 0 N–H and O–H groups in total. The van der Waals surface area contributed by atoms with E-state index in [2.05, 4.69) is 33.1 Å². The molecular weight excluding hydrogens is 318 g/mol. The summed E-state index contributed by atoms with van der Waals surface area (Å²) in [5.74, 6) is 0.600. The quantitative estimate of drug-likeness (QED) is 0.662. The number of nitrogens with zero attached hydrogens (tertiary/aromatic N) is 3. The number of oxazole rings is 1. The van der Waals surface area contributed by atoms with Crippen LogP contribution in [-0.2, 0) is 12.8 Å². The Bertz CT molecular complexity index is 949. The summed E-state index contributed by atoms with van der Waals surface area (Å²) in [6, 6.07) is 6.66. The Labute approximate surface area is 145 Å². The standard InChI is InChI=1S/C19H15N3OS/c24-17-2-1-12-7-14(8-13-3-5-22(17)18(12)13)15-9-16(11-20-10-15)19-21-4-6-23-19/h4,6-11H,1-3,5H2. The maximum absolute atomic E-state index is 5.52. The predicted octanol–water partition coefficient (Wildman–Crippen LogP) is 4.04. The molecule has 4 nitrogen and oxygen atoms in total. The summed E-state index contributed by atoms with van der Waals surface area (Å²) in [4.78, 5) is 12.0. The van der Waals surface area contributed by atoms with Crippen LogP contribution in [-0.4, -0.2) is 21.5 Å². The van der Waals surface area contributed by atoms with Gasteiger partial charge in [0.25, 0.3) is 0 Å². The number of aryl methyl sites for hydroxylation is 1. The van der Waals surface area contributed by atoms with E-state index in [1.165, 1.54) is 22.4 Å². The molecule has 5 heteroatoms. The minimum Gasteiger partial charge on any atom is -0.444 e. The molecule has 1 aromatic carbocycles. The molecule has 5 rings (SSSR count). The lowest BCUT2D eigenvalue weighted by Gasteiger charge is -2.28. The van der Waals surface area contributed by atoms with E-state index in [1.54, 1.807) is 18.7 Å². The summed E-state index contributed by atoms with van der Waals surface area (Å²) < 4.78 is 5.39. The summed E-state index contributed by atoms with van der Waals surface area (Å²) >= 11 is 5.52. The second kappa shape index (κ2) is 5.24. The van der Waals surface area contributed by atoms with E-state index >= 15 is 0 Å². The highest BCUT2D eigenvalue weighted by molar-refractivity contribution is 7.80. The Hall–Kier alpha value is -2.53. The molecule has 0 saturated heterocycles. The molecule has 0 atom stereocenters. The highest BCUT2D eigenvalue weighted by Crippen LogP contribution is 2.40. The number of aromatic nitrogens is 2. The van der Waals surface area contributed by atoms with Crippen LogP contribution in [0.5, 0.6) is 0 Å². The number of hydrogen-bond donors (Lipinski definition) is 0. The van der Waals surface area contributed by atoms with Crippen molar-refractivity contribution in [2.45, 2.75) is 19.3 Å². The molecule has 3 aromatic rings. The third-order valence-electron chi connectivity index (χ3n) is 4.80. The molecule has 24 heavy (non-hydrogen) atoms. The lowest BCUT2D eigenvalue weighted by Crippen LogP contribution is -2.31. The van der Waals surface area contributed by atoms with Gasteiger partial charge in [0.1, 0.15) is 6.26 Å². The van der Waals surface area contributed by atoms with E-state index in [9.17, 15) is 0 Å². The van der Waals surface area contributed by atoms with Gasteiger partial charge in [-0.15, -0.1) is 0 Å². The first-order valence-corrected chi connectivity index (χ1v) is 8.52. The third-order valence-corrected chi connectivity index (χ3v) is 5.23. The van der Waals surface area contributed by atoms with E-state index in [0.717, 1.165) is 41.9 Å². The van der Waals surface area contributed by atoms with Gasteiger partial charge in [-0.3, -0.25) is 4.98 Å². The zero-order chi connectivity index (χ0) is 16.1. The number of thiocarbonyl (C=S) groups is 1. The summed E-state index contributed by atoms with van der Waals surface area (Å²) in [6.07, 6.45) is 9.98. The highest BCUT2D eigenvalue weighted by atomic mass is 32.1. The van der Waals surface area contributed by atoms with E-state index < -0.39 is 0 Å². The van der Waals surface area contributed by atoms with Crippen molar-refractivity contribution in [3.05, 3.63) is 54.2 Å². The third kappa shape index (κ3) is 2.08. The zero-order valence-electron chi connectivity index (χ0n) is 13.0. The van der Waals surface area contributed by atoms with Crippen molar-refractivity contribution in [3.63, 3.8) is 0 Å². The molecule has 118 valence electrons. The fourth-order valence-electron chi connectivity index (χ4n) is 3.71. The van der Waals surface area contributed by atoms with Crippen molar-refractivity contribution in [1.29, 1.82) is 0 Å². The van der Waals surface area contributed by atoms with Crippen LogP contribution in [0.2, 0.25) is 0 Å². The van der Waals surface area contributed by atoms with Crippen molar-refractivity contribution in [1.82, 2.24) is 9.97 Å². The minimum absolute atomic E-state index is 0.600. The molecule has 0 spiro atoms. The van der Waals surface area contributed by atoms with E-state index in [0.29, 0.717) is 5.89 Å². The molecule has 0 amide bonds. The molecule has 0 saturated carbocycles. The molecule has 0 radical (unpaired) electrons. The van der Waals surface area contributed by atoms with Gasteiger partial charge in [-0.05, 0) is 47.7 Å². The Kier molecular flexibility index (Phi) is 3.03. The van der Waals surface area contributed by atoms with Crippen LogP contribution in [0.1, 0.15) is 17.5 Å². The number of benzene rings is 1. The molecule has 2 aliphatic rings. The maximum Gasteiger partial charge on any atom is 0.227 e. The summed E-state index contributed by atoms with van der Waals surface area (Å²) in [5.41, 5.74) is 7.35. The van der Waals surface area contributed by atoms with Crippen LogP contribution >= 0.6 is 12.2 Å². The fraction of sp³-hybridized carbons (Fsp3) is 0.211. The Morgan fingerprint density at radius 3 is 2.62 bits per heavy atom. The molecule has 2 aliphatic heterocycles. The van der Waals surface area contributed by atoms with Crippen LogP contribution in [0.3, 0.4) is 0 Å². The summed E-state index contributed by atoms with van der Waals surface area (Å²) in [7, 11) is 0. The monoisotopic (exact) mass is 333 g/mol. The number of hydrogen-bond acceptors (Lipinski definition) is 4. The summed E-state index contributed by atoms with van der Waals surface area (Å²) in [5, 5.41) is 0. The normalized spacial score (nSPS) is 15.7. The number of pyridine rings is 1. The van der Waals surface area contributed by atoms with Gasteiger partial charge < -0.3 is 9.32 Å². The molecule has 0 fully saturated rings. The second-order valence-corrected chi connectivity index (χ2v) is 6.71. The van der Waals surface area contributed by atoms with Crippen LogP contribution in [0.25, 0.3) is 22.6 Å². The van der Waals surface area contributed by atoms with Gasteiger partial charge in [-0.2, -0.15) is 0 Å². The van der Waals surface area contributed by atoms with E-state index in [4.69, 9.17) is 16.6 Å². The van der Waals surface area contributed by atoms with Gasteiger partial charge >= 0.3 is 0 Å². The van der Waals surface area contributed by atoms with Crippen LogP contribution < -0.4 is 4.90 Å². The topological polar surface area (TPSA) is 42.2 Å². The van der Waals surface area contributed by atoms with Gasteiger partial charge in [0.2, 0.25) is 5.89 Å². The van der Waals surface area contributed by atoms with Crippen molar-refractivity contribution in [3.8, 4) is 22.6 Å². The van der Waals surface area contributed by atoms with E-state index in [1.807, 2.05) is 6.20 Å². The fourth-order valence-corrected chi connectivity index (χ4v) is 3.99. The van der Waals surface area contributed by atoms with Crippen molar-refractivity contribution < 1.29 is 4.42 Å². The molecule has 2 aromatic heterocycles. The highest BCUT2D eigenvalue weighted by Gasteiger charge is 2.29. The van der Waals surface area contributed by atoms with E-state index in [-0.39, 0.29) is 0 Å². The molecule has 4 heterocycles. The smallest absolute Gasteiger partial charge is 0.227 e. The average molecular weight is 333 g/mol. The van der Waals surface area contributed by atoms with Crippen LogP contribution in [0.15, 0.2) is 47.5 Å². The van der Waals surface area contributed by atoms with Gasteiger partial charge in [-0.1, -0.05) is 12.2 Å². The molecule has 0 aliphatic carbocycles. The largest absolute Gasteiger partial charge is 0.444 e. The number of anilines is 1. The molecular formula is C19H15N3OS. The first-order chi connectivity index (χ1) is 11.8. The number of rotatable bonds is 2. The Morgan fingerprint density at radius 2 is 1.79 bits per heavy atom. The zero-order valence-corrected chi connectivity index (χ0v) is 13.8. The Balaban J connectivity index is 1.62.